The summed E-state index contributed by atoms with van der Waals surface area (Å²) in [6.07, 6.45) is 5.95. The lowest BCUT2D eigenvalue weighted by Gasteiger charge is -2.22. The summed E-state index contributed by atoms with van der Waals surface area (Å²) in [5, 5.41) is 0. The number of hydrogen-bond acceptors (Lipinski definition) is 4. The summed E-state index contributed by atoms with van der Waals surface area (Å²) in [6, 6.07) is 0. The first kappa shape index (κ1) is 19.9. The van der Waals surface area contributed by atoms with Crippen LogP contribution in [-0.4, -0.2) is 24.6 Å². The lowest BCUT2D eigenvalue weighted by atomic mass is 9.99. The molecular formula is C17H32O4. The number of carbonyl (C=O) groups excluding carboxylic acids is 2. The van der Waals surface area contributed by atoms with E-state index in [0.29, 0.717) is 0 Å². The predicted octanol–water partition coefficient (Wildman–Crippen LogP) is 4.11. The van der Waals surface area contributed by atoms with Crippen molar-refractivity contribution in [3.8, 4) is 0 Å². The molecule has 4 heteroatoms. The first-order valence-corrected chi connectivity index (χ1v) is 7.98. The van der Waals surface area contributed by atoms with Gasteiger partial charge in [-0.15, -0.1) is 0 Å². The van der Waals surface area contributed by atoms with Crippen molar-refractivity contribution in [2.45, 2.75) is 78.7 Å². The van der Waals surface area contributed by atoms with E-state index in [2.05, 4.69) is 0 Å². The smallest absolute Gasteiger partial charge is 0.309 e. The Morgan fingerprint density at radius 2 is 1.29 bits per heavy atom. The monoisotopic (exact) mass is 300 g/mol. The van der Waals surface area contributed by atoms with Crippen molar-refractivity contribution in [3.05, 3.63) is 0 Å². The van der Waals surface area contributed by atoms with Crippen molar-refractivity contribution in [1.82, 2.24) is 0 Å². The molecule has 0 heterocycles. The van der Waals surface area contributed by atoms with Crippen molar-refractivity contribution < 1.29 is 19.1 Å². The van der Waals surface area contributed by atoms with Gasteiger partial charge in [0.15, 0.2) is 0 Å². The van der Waals surface area contributed by atoms with Gasteiger partial charge in [-0.3, -0.25) is 9.59 Å². The Morgan fingerprint density at radius 3 is 1.67 bits per heavy atom. The summed E-state index contributed by atoms with van der Waals surface area (Å²) in [5.74, 6) is -0.302. The third kappa shape index (κ3) is 10.3. The topological polar surface area (TPSA) is 52.6 Å². The number of ether oxygens (including phenoxy) is 2. The highest BCUT2D eigenvalue weighted by Gasteiger charge is 2.21. The molecule has 0 bridgehead atoms. The van der Waals surface area contributed by atoms with Gasteiger partial charge in [0.2, 0.25) is 0 Å². The number of esters is 2. The first-order chi connectivity index (χ1) is 9.67. The zero-order chi connectivity index (χ0) is 16.5. The van der Waals surface area contributed by atoms with E-state index < -0.39 is 5.60 Å². The summed E-state index contributed by atoms with van der Waals surface area (Å²) in [4.78, 5) is 23.0. The van der Waals surface area contributed by atoms with Crippen LogP contribution in [0.5, 0.6) is 0 Å². The molecule has 4 nitrogen and oxygen atoms in total. The lowest BCUT2D eigenvalue weighted by Crippen LogP contribution is -2.27. The molecule has 0 aromatic heterocycles. The molecule has 0 radical (unpaired) electrons. The van der Waals surface area contributed by atoms with Crippen LogP contribution in [0.1, 0.15) is 73.1 Å². The minimum absolute atomic E-state index is 0.0179. The second-order valence-electron chi connectivity index (χ2n) is 6.85. The summed E-state index contributed by atoms with van der Waals surface area (Å²) in [7, 11) is 1.43. The van der Waals surface area contributed by atoms with E-state index in [-0.39, 0.29) is 23.8 Å². The molecule has 21 heavy (non-hydrogen) atoms. The van der Waals surface area contributed by atoms with E-state index in [1.54, 1.807) is 0 Å². The molecule has 0 amide bonds. The van der Waals surface area contributed by atoms with E-state index in [1.165, 1.54) is 7.11 Å². The van der Waals surface area contributed by atoms with E-state index in [9.17, 15) is 9.59 Å². The molecule has 0 aliphatic heterocycles. The molecule has 0 spiro atoms. The van der Waals surface area contributed by atoms with E-state index in [1.807, 2.05) is 34.6 Å². The van der Waals surface area contributed by atoms with Crippen LogP contribution >= 0.6 is 0 Å². The maximum Gasteiger partial charge on any atom is 0.309 e. The maximum absolute atomic E-state index is 11.8. The van der Waals surface area contributed by atoms with Crippen molar-refractivity contribution in [3.63, 3.8) is 0 Å². The zero-order valence-corrected chi connectivity index (χ0v) is 14.5. The van der Waals surface area contributed by atoms with Crippen LogP contribution in [0.25, 0.3) is 0 Å². The SMILES string of the molecule is COC(=O)C(C)CCCCCCC(C)C(=O)OC(C)(C)C. The Kier molecular flexibility index (Phi) is 9.31. The van der Waals surface area contributed by atoms with E-state index >= 15 is 0 Å². The Labute approximate surface area is 129 Å². The average molecular weight is 300 g/mol. The van der Waals surface area contributed by atoms with Crippen molar-refractivity contribution in [2.24, 2.45) is 11.8 Å². The molecule has 0 aromatic rings. The molecule has 124 valence electrons. The van der Waals surface area contributed by atoms with Crippen LogP contribution in [-0.2, 0) is 19.1 Å². The molecular weight excluding hydrogens is 268 g/mol. The van der Waals surface area contributed by atoms with Crippen molar-refractivity contribution >= 4 is 11.9 Å². The quantitative estimate of drug-likeness (QED) is 0.475. The Hall–Kier alpha value is -1.06. The molecule has 2 unspecified atom stereocenters. The number of unbranched alkanes of at least 4 members (excludes halogenated alkanes) is 3. The van der Waals surface area contributed by atoms with Gasteiger partial charge in [0, 0.05) is 0 Å². The van der Waals surface area contributed by atoms with Crippen LogP contribution < -0.4 is 0 Å². The third-order valence-corrected chi connectivity index (χ3v) is 3.44. The molecule has 0 aromatic carbocycles. The van der Waals surface area contributed by atoms with E-state index in [4.69, 9.17) is 9.47 Å². The van der Waals surface area contributed by atoms with E-state index in [0.717, 1.165) is 38.5 Å². The summed E-state index contributed by atoms with van der Waals surface area (Å²) in [6.45, 7) is 9.49. The largest absolute Gasteiger partial charge is 0.469 e. The molecule has 0 aliphatic carbocycles. The number of methoxy groups -OCH3 is 1. The number of rotatable bonds is 9. The summed E-state index contributed by atoms with van der Waals surface area (Å²) >= 11 is 0. The number of hydrogen-bond donors (Lipinski definition) is 0. The highest BCUT2D eigenvalue weighted by atomic mass is 16.6. The van der Waals surface area contributed by atoms with Gasteiger partial charge in [0.1, 0.15) is 5.60 Å². The number of carbonyl (C=O) groups is 2. The predicted molar refractivity (Wildman–Crippen MR) is 83.9 cm³/mol. The normalized spacial score (nSPS) is 14.4. The molecule has 0 saturated carbocycles. The van der Waals surface area contributed by atoms with Gasteiger partial charge < -0.3 is 9.47 Å². The van der Waals surface area contributed by atoms with Gasteiger partial charge in [-0.25, -0.2) is 0 Å². The second-order valence-corrected chi connectivity index (χ2v) is 6.85. The van der Waals surface area contributed by atoms with Crippen LogP contribution in [0.2, 0.25) is 0 Å². The molecule has 0 saturated heterocycles. The fraction of sp³-hybridized carbons (Fsp3) is 0.882. The van der Waals surface area contributed by atoms with Gasteiger partial charge in [-0.05, 0) is 33.6 Å². The standard InChI is InChI=1S/C17H32O4/c1-13(15(18)20-6)11-9-7-8-10-12-14(2)16(19)21-17(3,4)5/h13-14H,7-12H2,1-6H3. The fourth-order valence-corrected chi connectivity index (χ4v) is 2.09. The molecule has 0 aliphatic rings. The van der Waals surface area contributed by atoms with Crippen LogP contribution in [0.15, 0.2) is 0 Å². The third-order valence-electron chi connectivity index (χ3n) is 3.44. The van der Waals surface area contributed by atoms with Gasteiger partial charge in [0.05, 0.1) is 18.9 Å². The highest BCUT2D eigenvalue weighted by Crippen LogP contribution is 2.17. The fourth-order valence-electron chi connectivity index (χ4n) is 2.09. The first-order valence-electron chi connectivity index (χ1n) is 7.98. The zero-order valence-electron chi connectivity index (χ0n) is 14.5. The van der Waals surface area contributed by atoms with Crippen molar-refractivity contribution in [2.75, 3.05) is 7.11 Å². The second kappa shape index (κ2) is 9.80. The van der Waals surface area contributed by atoms with Gasteiger partial charge in [-0.1, -0.05) is 39.5 Å². The summed E-state index contributed by atoms with van der Waals surface area (Å²) in [5.41, 5.74) is -0.407. The lowest BCUT2D eigenvalue weighted by molar-refractivity contribution is -0.159. The molecule has 0 N–H and O–H groups in total. The Bertz CT molecular complexity index is 317. The molecule has 0 rings (SSSR count). The van der Waals surface area contributed by atoms with Gasteiger partial charge >= 0.3 is 11.9 Å². The summed E-state index contributed by atoms with van der Waals surface area (Å²) < 4.78 is 10.1. The van der Waals surface area contributed by atoms with Crippen LogP contribution in [0.3, 0.4) is 0 Å². The highest BCUT2D eigenvalue weighted by molar-refractivity contribution is 5.72. The van der Waals surface area contributed by atoms with Crippen LogP contribution in [0, 0.1) is 11.8 Å². The minimum Gasteiger partial charge on any atom is -0.469 e. The van der Waals surface area contributed by atoms with Crippen molar-refractivity contribution in [1.29, 1.82) is 0 Å². The van der Waals surface area contributed by atoms with Crippen LogP contribution in [0.4, 0.5) is 0 Å². The maximum atomic E-state index is 11.8. The van der Waals surface area contributed by atoms with Gasteiger partial charge in [-0.2, -0.15) is 0 Å². The Morgan fingerprint density at radius 1 is 0.857 bits per heavy atom. The molecule has 0 fully saturated rings. The van der Waals surface area contributed by atoms with Gasteiger partial charge in [0.25, 0.3) is 0 Å². The Balaban J connectivity index is 3.67. The average Bonchev–Trinajstić information content (AvgIpc) is 2.39. The minimum atomic E-state index is -0.407. The molecule has 2 atom stereocenters.